The van der Waals surface area contributed by atoms with Crippen LogP contribution in [0, 0.1) is 0 Å². The van der Waals surface area contributed by atoms with Crippen LogP contribution in [0.1, 0.15) is 0 Å². The molecule has 0 unspecified atom stereocenters. The summed E-state index contributed by atoms with van der Waals surface area (Å²) in [6.07, 6.45) is 0. The van der Waals surface area contributed by atoms with Crippen LogP contribution in [0.2, 0.25) is 0 Å². The number of carboxylic acids is 4. The zero-order valence-electron chi connectivity index (χ0n) is 7.88. The van der Waals surface area contributed by atoms with Crippen molar-refractivity contribution in [2.45, 2.75) is 0 Å². The van der Waals surface area contributed by atoms with E-state index in [1.54, 1.807) is 0 Å². The number of rotatable bonds is 0. The fourth-order valence-electron chi connectivity index (χ4n) is 0. The van der Waals surface area contributed by atoms with Crippen molar-refractivity contribution in [1.29, 1.82) is 0 Å². The summed E-state index contributed by atoms with van der Waals surface area (Å²) in [7, 11) is 0. The summed E-state index contributed by atoms with van der Waals surface area (Å²) in [4.78, 5) is 36.4. The van der Waals surface area contributed by atoms with Crippen molar-refractivity contribution in [1.82, 2.24) is 0 Å². The lowest BCUT2D eigenvalue weighted by molar-refractivity contribution is -0.159. The second kappa shape index (κ2) is 23.7. The molecule has 0 fully saturated rings. The largest absolute Gasteiger partial charge is 0.473 e. The molecular formula is C4H11ClN2O10. The van der Waals surface area contributed by atoms with Gasteiger partial charge in [-0.25, -0.2) is 31.0 Å². The Morgan fingerprint density at radius 3 is 0.588 bits per heavy atom. The van der Waals surface area contributed by atoms with Crippen molar-refractivity contribution in [2.24, 2.45) is 11.8 Å². The lowest BCUT2D eigenvalue weighted by Gasteiger charge is -1.72. The van der Waals surface area contributed by atoms with Crippen LogP contribution in [0.5, 0.6) is 0 Å². The number of nitrogens with two attached hydrogens (primary N) is 2. The molecule has 17 heavy (non-hydrogen) atoms. The van der Waals surface area contributed by atoms with Crippen molar-refractivity contribution in [3.63, 3.8) is 0 Å². The minimum absolute atomic E-state index is 0. The summed E-state index contributed by atoms with van der Waals surface area (Å²) in [6.45, 7) is 0. The fraction of sp³-hybridized carbons (Fsp3) is 0. The standard InChI is InChI=1S/2C2H2O4.ClH.2H3NO/c2*3-1(4)2(5)6;;2*1-2/h2*(H,3,4)(H,5,6);1H;2*2H,1H2. The molecule has 0 bridgehead atoms. The minimum atomic E-state index is -1.82. The highest BCUT2D eigenvalue weighted by atomic mass is 35.5. The van der Waals surface area contributed by atoms with Crippen LogP contribution in [0.25, 0.3) is 0 Å². The Morgan fingerprint density at radius 2 is 0.588 bits per heavy atom. The Kier molecular flexibility index (Phi) is 40.9. The molecule has 0 aromatic carbocycles. The van der Waals surface area contributed by atoms with Gasteiger partial charge < -0.3 is 30.8 Å². The Bertz CT molecular complexity index is 182. The third kappa shape index (κ3) is 55.9. The van der Waals surface area contributed by atoms with Crippen LogP contribution in [0.4, 0.5) is 0 Å². The summed E-state index contributed by atoms with van der Waals surface area (Å²) in [5, 5.41) is 42.6. The van der Waals surface area contributed by atoms with Crippen molar-refractivity contribution in [3.05, 3.63) is 0 Å². The van der Waals surface area contributed by atoms with E-state index >= 15 is 0 Å². The smallest absolute Gasteiger partial charge is 0.414 e. The molecule has 0 aromatic rings. The second-order valence-electron chi connectivity index (χ2n) is 1.22. The van der Waals surface area contributed by atoms with Crippen LogP contribution in [0.3, 0.4) is 0 Å². The predicted octanol–water partition coefficient (Wildman–Crippen LogP) is -2.60. The minimum Gasteiger partial charge on any atom is -0.473 e. The SMILES string of the molecule is Cl.NO.NO.O=C(O)C(=O)O.O=C(O)C(=O)O. The van der Waals surface area contributed by atoms with Gasteiger partial charge in [-0.1, -0.05) is 0 Å². The highest BCUT2D eigenvalue weighted by Crippen LogP contribution is 1.56. The first-order chi connectivity index (χ1) is 7.29. The molecule has 0 aliphatic heterocycles. The summed E-state index contributed by atoms with van der Waals surface area (Å²) in [6, 6.07) is 0. The summed E-state index contributed by atoms with van der Waals surface area (Å²) in [5.41, 5.74) is 0. The van der Waals surface area contributed by atoms with E-state index in [2.05, 4.69) is 11.8 Å². The summed E-state index contributed by atoms with van der Waals surface area (Å²) in [5.74, 6) is -0.296. The molecule has 0 rings (SSSR count). The summed E-state index contributed by atoms with van der Waals surface area (Å²) < 4.78 is 0. The number of hydrogen-bond acceptors (Lipinski definition) is 8. The molecule has 0 heterocycles. The summed E-state index contributed by atoms with van der Waals surface area (Å²) >= 11 is 0. The van der Waals surface area contributed by atoms with E-state index in [4.69, 9.17) is 50.0 Å². The molecule has 0 spiro atoms. The van der Waals surface area contributed by atoms with E-state index in [1.165, 1.54) is 0 Å². The van der Waals surface area contributed by atoms with Crippen molar-refractivity contribution in [3.8, 4) is 0 Å². The molecule has 0 aliphatic carbocycles. The molecule has 0 aromatic heterocycles. The van der Waals surface area contributed by atoms with E-state index in [1.807, 2.05) is 0 Å². The van der Waals surface area contributed by atoms with E-state index in [-0.39, 0.29) is 12.4 Å². The predicted molar refractivity (Wildman–Crippen MR) is 49.7 cm³/mol. The van der Waals surface area contributed by atoms with E-state index < -0.39 is 23.9 Å². The molecule has 104 valence electrons. The first-order valence-corrected chi connectivity index (χ1v) is 2.73. The van der Waals surface area contributed by atoms with Crippen LogP contribution in [-0.2, 0) is 19.2 Å². The molecule has 0 amide bonds. The van der Waals surface area contributed by atoms with Crippen LogP contribution >= 0.6 is 12.4 Å². The number of hydrogen-bond donors (Lipinski definition) is 8. The second-order valence-corrected chi connectivity index (χ2v) is 1.22. The number of halogens is 1. The van der Waals surface area contributed by atoms with Gasteiger partial charge in [0.25, 0.3) is 0 Å². The Labute approximate surface area is 99.0 Å². The average Bonchev–Trinajstić information content (AvgIpc) is 2.24. The van der Waals surface area contributed by atoms with Crippen LogP contribution in [-0.4, -0.2) is 54.7 Å². The van der Waals surface area contributed by atoms with Gasteiger partial charge in [-0.05, 0) is 0 Å². The maximum absolute atomic E-state index is 9.10. The topological polar surface area (TPSA) is 242 Å². The molecule has 0 saturated carbocycles. The normalized spacial score (nSPS) is 5.88. The Balaban J connectivity index is -0.0000000417. The Morgan fingerprint density at radius 1 is 0.529 bits per heavy atom. The van der Waals surface area contributed by atoms with Crippen LogP contribution in [0.15, 0.2) is 0 Å². The monoisotopic (exact) mass is 282 g/mol. The molecule has 0 atom stereocenters. The van der Waals surface area contributed by atoms with Crippen molar-refractivity contribution >= 4 is 36.3 Å². The first-order valence-electron chi connectivity index (χ1n) is 2.73. The third-order valence-electron chi connectivity index (χ3n) is 0.366. The first kappa shape index (κ1) is 29.4. The third-order valence-corrected chi connectivity index (χ3v) is 0.366. The Hall–Kier alpha value is -1.99. The van der Waals surface area contributed by atoms with Crippen molar-refractivity contribution < 1.29 is 50.0 Å². The van der Waals surface area contributed by atoms with Gasteiger partial charge in [0, 0.05) is 0 Å². The lowest BCUT2D eigenvalue weighted by Crippen LogP contribution is -2.09. The lowest BCUT2D eigenvalue weighted by atomic mass is 10.7. The highest BCUT2D eigenvalue weighted by molar-refractivity contribution is 6.27. The van der Waals surface area contributed by atoms with E-state index in [0.29, 0.717) is 0 Å². The fourth-order valence-corrected chi connectivity index (χ4v) is 0. The number of carboxylic acid groups (broad SMARTS) is 4. The van der Waals surface area contributed by atoms with Crippen molar-refractivity contribution in [2.75, 3.05) is 0 Å². The molecule has 13 heteroatoms. The molecule has 0 saturated heterocycles. The van der Waals surface area contributed by atoms with Gasteiger partial charge in [0.1, 0.15) is 0 Å². The number of aliphatic carboxylic acids is 4. The molecular weight excluding hydrogens is 272 g/mol. The van der Waals surface area contributed by atoms with Gasteiger partial charge in [0.2, 0.25) is 0 Å². The van der Waals surface area contributed by atoms with Gasteiger partial charge in [0.15, 0.2) is 0 Å². The highest BCUT2D eigenvalue weighted by Gasteiger charge is 2.04. The molecule has 0 aliphatic rings. The molecule has 10 N–H and O–H groups in total. The zero-order chi connectivity index (χ0) is 14.3. The van der Waals surface area contributed by atoms with E-state index in [9.17, 15) is 0 Å². The number of carbonyl (C=O) groups is 4. The van der Waals surface area contributed by atoms with Gasteiger partial charge in [-0.3, -0.25) is 0 Å². The molecule has 0 radical (unpaired) electrons. The van der Waals surface area contributed by atoms with Crippen LogP contribution < -0.4 is 11.8 Å². The molecule has 12 nitrogen and oxygen atoms in total. The van der Waals surface area contributed by atoms with Gasteiger partial charge in [-0.2, -0.15) is 0 Å². The maximum atomic E-state index is 9.10. The zero-order valence-corrected chi connectivity index (χ0v) is 8.70. The van der Waals surface area contributed by atoms with Gasteiger partial charge >= 0.3 is 23.9 Å². The average molecular weight is 283 g/mol. The van der Waals surface area contributed by atoms with E-state index in [0.717, 1.165) is 0 Å². The van der Waals surface area contributed by atoms with Gasteiger partial charge in [0.05, 0.1) is 0 Å². The quantitative estimate of drug-likeness (QED) is 0.168. The maximum Gasteiger partial charge on any atom is 0.414 e. The van der Waals surface area contributed by atoms with Gasteiger partial charge in [-0.15, -0.1) is 12.4 Å².